The molecule has 0 spiro atoms. The lowest BCUT2D eigenvalue weighted by molar-refractivity contribution is -0.137. The molecule has 5 nitrogen and oxygen atoms in total. The second-order valence-corrected chi connectivity index (χ2v) is 9.77. The van der Waals surface area contributed by atoms with Gasteiger partial charge in [-0.1, -0.05) is 23.8 Å². The lowest BCUT2D eigenvalue weighted by Crippen LogP contribution is -2.40. The Morgan fingerprint density at radius 1 is 0.941 bits per heavy atom. The molecule has 2 aromatic rings. The first-order chi connectivity index (χ1) is 16.1. The molecule has 5 aliphatic rings. The number of nitrogens with zero attached hydrogens (tertiary/aromatic N) is 1. The predicted molar refractivity (Wildman–Crippen MR) is 118 cm³/mol. The van der Waals surface area contributed by atoms with Crippen molar-refractivity contribution in [1.82, 2.24) is 0 Å². The van der Waals surface area contributed by atoms with Crippen molar-refractivity contribution in [2.75, 3.05) is 10.2 Å². The molecule has 174 valence electrons. The van der Waals surface area contributed by atoms with Gasteiger partial charge in [0.1, 0.15) is 0 Å². The van der Waals surface area contributed by atoms with Gasteiger partial charge in [0.25, 0.3) is 5.91 Å². The van der Waals surface area contributed by atoms with Crippen molar-refractivity contribution in [3.8, 4) is 0 Å². The molecule has 6 unspecified atom stereocenters. The van der Waals surface area contributed by atoms with Crippen LogP contribution in [-0.4, -0.2) is 17.7 Å². The Morgan fingerprint density at radius 3 is 2.09 bits per heavy atom. The third-order valence-corrected chi connectivity index (χ3v) is 7.92. The zero-order chi connectivity index (χ0) is 23.9. The molecular weight excluding hydrogens is 469 g/mol. The van der Waals surface area contributed by atoms with E-state index in [-0.39, 0.29) is 51.8 Å². The van der Waals surface area contributed by atoms with Crippen LogP contribution in [0.4, 0.5) is 24.5 Å². The lowest BCUT2D eigenvalue weighted by Gasteiger charge is -2.37. The van der Waals surface area contributed by atoms with E-state index in [2.05, 4.69) is 17.5 Å². The molecule has 6 atom stereocenters. The molecule has 1 N–H and O–H groups in total. The number of benzene rings is 2. The van der Waals surface area contributed by atoms with E-state index in [0.29, 0.717) is 17.5 Å². The summed E-state index contributed by atoms with van der Waals surface area (Å²) >= 11 is 5.95. The van der Waals surface area contributed by atoms with Crippen LogP contribution >= 0.6 is 11.6 Å². The van der Waals surface area contributed by atoms with Crippen LogP contribution in [-0.2, 0) is 15.8 Å². The van der Waals surface area contributed by atoms with Gasteiger partial charge in [-0.3, -0.25) is 19.3 Å². The zero-order valence-corrected chi connectivity index (χ0v) is 18.3. The van der Waals surface area contributed by atoms with E-state index in [0.717, 1.165) is 24.6 Å². The van der Waals surface area contributed by atoms with Crippen LogP contribution < -0.4 is 10.2 Å². The third-order valence-electron chi connectivity index (χ3n) is 7.59. The molecule has 1 saturated heterocycles. The van der Waals surface area contributed by atoms with E-state index in [1.165, 1.54) is 29.2 Å². The molecule has 2 aromatic carbocycles. The summed E-state index contributed by atoms with van der Waals surface area (Å²) in [6.45, 7) is 0. The van der Waals surface area contributed by atoms with E-state index in [1.54, 1.807) is 0 Å². The largest absolute Gasteiger partial charge is 0.416 e. The number of carbonyl (C=O) groups excluding carboxylic acids is 3. The smallest absolute Gasteiger partial charge is 0.321 e. The van der Waals surface area contributed by atoms with Crippen LogP contribution in [0.2, 0.25) is 5.02 Å². The summed E-state index contributed by atoms with van der Waals surface area (Å²) in [6.07, 6.45) is 0.699. The number of amides is 3. The van der Waals surface area contributed by atoms with Crippen LogP contribution in [0.15, 0.2) is 54.6 Å². The summed E-state index contributed by atoms with van der Waals surface area (Å²) in [4.78, 5) is 40.2. The number of rotatable bonds is 3. The number of anilines is 2. The van der Waals surface area contributed by atoms with Crippen LogP contribution in [0.25, 0.3) is 0 Å². The molecule has 2 bridgehead atoms. The van der Waals surface area contributed by atoms with Crippen LogP contribution in [0, 0.1) is 35.5 Å². The number of imide groups is 1. The first-order valence-corrected chi connectivity index (χ1v) is 11.4. The number of allylic oxidation sites excluding steroid dienone is 2. The maximum Gasteiger partial charge on any atom is 0.416 e. The van der Waals surface area contributed by atoms with Crippen molar-refractivity contribution in [1.29, 1.82) is 0 Å². The fourth-order valence-corrected chi connectivity index (χ4v) is 6.13. The highest BCUT2D eigenvalue weighted by atomic mass is 35.5. The summed E-state index contributed by atoms with van der Waals surface area (Å²) in [5.41, 5.74) is -0.569. The van der Waals surface area contributed by atoms with Crippen molar-refractivity contribution in [2.24, 2.45) is 35.5 Å². The Labute approximate surface area is 197 Å². The van der Waals surface area contributed by atoms with Gasteiger partial charge in [0, 0.05) is 5.56 Å². The quantitative estimate of drug-likeness (QED) is 0.481. The number of halogens is 4. The van der Waals surface area contributed by atoms with E-state index in [9.17, 15) is 27.6 Å². The van der Waals surface area contributed by atoms with Crippen LogP contribution in [0.3, 0.4) is 0 Å². The number of alkyl halides is 3. The number of hydrogen-bond donors (Lipinski definition) is 1. The van der Waals surface area contributed by atoms with Gasteiger partial charge in [-0.05, 0) is 72.6 Å². The van der Waals surface area contributed by atoms with Gasteiger partial charge in [-0.15, -0.1) is 0 Å². The molecule has 3 amide bonds. The second kappa shape index (κ2) is 7.18. The Hall–Kier alpha value is -3.13. The fraction of sp³-hybridized carbons (Fsp3) is 0.320. The van der Waals surface area contributed by atoms with Crippen molar-refractivity contribution in [3.63, 3.8) is 0 Å². The Bertz CT molecular complexity index is 1240. The molecule has 9 heteroatoms. The van der Waals surface area contributed by atoms with Gasteiger partial charge in [-0.25, -0.2) is 0 Å². The lowest BCUT2D eigenvalue weighted by atomic mass is 9.63. The SMILES string of the molecule is O=C(Nc1cc(C(F)(F)F)ccc1Cl)c1ccc(N2C(=O)C3C4C=CC(C5CC45)C3C2=O)cc1. The molecule has 3 fully saturated rings. The average molecular weight is 487 g/mol. The maximum absolute atomic E-state index is 13.2. The maximum atomic E-state index is 13.2. The van der Waals surface area contributed by atoms with E-state index in [4.69, 9.17) is 11.6 Å². The monoisotopic (exact) mass is 486 g/mol. The fourth-order valence-electron chi connectivity index (χ4n) is 5.97. The summed E-state index contributed by atoms with van der Waals surface area (Å²) < 4.78 is 38.9. The third kappa shape index (κ3) is 3.11. The molecule has 0 radical (unpaired) electrons. The van der Waals surface area contributed by atoms with E-state index >= 15 is 0 Å². The highest BCUT2D eigenvalue weighted by Crippen LogP contribution is 2.65. The molecular formula is C25H18ClF3N2O3. The number of hydrogen-bond acceptors (Lipinski definition) is 3. The van der Waals surface area contributed by atoms with Crippen LogP contribution in [0.1, 0.15) is 22.3 Å². The zero-order valence-electron chi connectivity index (χ0n) is 17.6. The first kappa shape index (κ1) is 21.4. The minimum absolute atomic E-state index is 0.0323. The predicted octanol–water partition coefficient (Wildman–Crippen LogP) is 5.17. The summed E-state index contributed by atoms with van der Waals surface area (Å²) in [6, 6.07) is 8.54. The standard InChI is InChI=1S/C25H18ClF3N2O3/c26-18-8-3-12(25(27,28)29)9-19(18)30-22(32)11-1-4-13(5-2-11)31-23(33)20-14-6-7-15(17-10-16(14)17)21(20)24(31)34/h1-9,14-17,20-21H,10H2,(H,30,32). The van der Waals surface area contributed by atoms with E-state index < -0.39 is 17.6 Å². The summed E-state index contributed by atoms with van der Waals surface area (Å²) in [7, 11) is 0. The minimum Gasteiger partial charge on any atom is -0.321 e. The average Bonchev–Trinajstić information content (AvgIpc) is 3.58. The van der Waals surface area contributed by atoms with Gasteiger partial charge >= 0.3 is 6.18 Å². The minimum atomic E-state index is -4.58. The Balaban J connectivity index is 1.22. The molecule has 4 aliphatic carbocycles. The van der Waals surface area contributed by atoms with Crippen molar-refractivity contribution in [2.45, 2.75) is 12.6 Å². The molecule has 34 heavy (non-hydrogen) atoms. The molecule has 1 heterocycles. The van der Waals surface area contributed by atoms with Gasteiger partial charge in [0.2, 0.25) is 11.8 Å². The highest BCUT2D eigenvalue weighted by molar-refractivity contribution is 6.34. The first-order valence-electron chi connectivity index (χ1n) is 11.0. The van der Waals surface area contributed by atoms with E-state index in [1.807, 2.05) is 0 Å². The molecule has 7 rings (SSSR count). The molecule has 1 aliphatic heterocycles. The summed E-state index contributed by atoms with van der Waals surface area (Å²) in [5, 5.41) is 2.36. The molecule has 0 aromatic heterocycles. The Kier molecular flexibility index (Phi) is 4.52. The van der Waals surface area contributed by atoms with Gasteiger partial charge in [0.15, 0.2) is 0 Å². The van der Waals surface area contributed by atoms with Crippen LogP contribution in [0.5, 0.6) is 0 Å². The number of nitrogens with one attached hydrogen (secondary N) is 1. The van der Waals surface area contributed by atoms with Crippen molar-refractivity contribution >= 4 is 40.7 Å². The highest BCUT2D eigenvalue weighted by Gasteiger charge is 2.67. The number of carbonyl (C=O) groups is 3. The topological polar surface area (TPSA) is 66.5 Å². The summed E-state index contributed by atoms with van der Waals surface area (Å²) in [5.74, 6) is -0.478. The Morgan fingerprint density at radius 2 is 1.53 bits per heavy atom. The van der Waals surface area contributed by atoms with Gasteiger partial charge in [0.05, 0.1) is 33.8 Å². The molecule has 2 saturated carbocycles. The second-order valence-electron chi connectivity index (χ2n) is 9.36. The van der Waals surface area contributed by atoms with Crippen molar-refractivity contribution < 1.29 is 27.6 Å². The van der Waals surface area contributed by atoms with Crippen molar-refractivity contribution in [3.05, 3.63) is 70.8 Å². The van der Waals surface area contributed by atoms with Gasteiger partial charge < -0.3 is 5.32 Å². The van der Waals surface area contributed by atoms with Gasteiger partial charge in [-0.2, -0.15) is 13.2 Å². The normalized spacial score (nSPS) is 30.9.